The first-order valence-corrected chi connectivity index (χ1v) is 5.70. The van der Waals surface area contributed by atoms with Crippen molar-refractivity contribution in [1.82, 2.24) is 4.98 Å². The molecule has 0 amide bonds. The van der Waals surface area contributed by atoms with E-state index in [1.54, 1.807) is 23.7 Å². The van der Waals surface area contributed by atoms with E-state index in [0.29, 0.717) is 0 Å². The molecule has 0 radical (unpaired) electrons. The van der Waals surface area contributed by atoms with Crippen LogP contribution < -0.4 is 0 Å². The molecule has 0 aromatic carbocycles. The quantitative estimate of drug-likeness (QED) is 0.842. The highest BCUT2D eigenvalue weighted by molar-refractivity contribution is 7.10. The fourth-order valence-corrected chi connectivity index (χ4v) is 2.53. The molecule has 2 aromatic rings. The molecule has 0 aliphatic carbocycles. The van der Waals surface area contributed by atoms with Gasteiger partial charge in [0.15, 0.2) is 0 Å². The summed E-state index contributed by atoms with van der Waals surface area (Å²) in [4.78, 5) is 5.04. The Morgan fingerprint density at radius 1 is 1.27 bits per heavy atom. The Morgan fingerprint density at radius 3 is 2.67 bits per heavy atom. The predicted molar refractivity (Wildman–Crippen MR) is 62.1 cm³/mol. The van der Waals surface area contributed by atoms with Crippen LogP contribution in [0, 0.1) is 13.8 Å². The summed E-state index contributed by atoms with van der Waals surface area (Å²) >= 11 is 1.59. The highest BCUT2D eigenvalue weighted by atomic mass is 32.1. The molecule has 0 bridgehead atoms. The van der Waals surface area contributed by atoms with Crippen LogP contribution in [-0.2, 0) is 0 Å². The van der Waals surface area contributed by atoms with Crippen LogP contribution in [0.3, 0.4) is 0 Å². The first-order chi connectivity index (χ1) is 7.20. The largest absolute Gasteiger partial charge is 0.383 e. The number of pyridine rings is 1. The standard InChI is InChI=1S/C12H13NOS/c1-8-4-6-15-12(8)11(14)10-3-5-13-7-9(10)2/h3-7,11,14H,1-2H3. The topological polar surface area (TPSA) is 33.1 Å². The van der Waals surface area contributed by atoms with Crippen molar-refractivity contribution in [2.24, 2.45) is 0 Å². The van der Waals surface area contributed by atoms with Crippen LogP contribution >= 0.6 is 11.3 Å². The van der Waals surface area contributed by atoms with Crippen molar-refractivity contribution < 1.29 is 5.11 Å². The average Bonchev–Trinajstić information content (AvgIpc) is 2.64. The van der Waals surface area contributed by atoms with E-state index in [9.17, 15) is 5.11 Å². The monoisotopic (exact) mass is 219 g/mol. The van der Waals surface area contributed by atoms with Crippen molar-refractivity contribution in [2.45, 2.75) is 20.0 Å². The lowest BCUT2D eigenvalue weighted by molar-refractivity contribution is 0.222. The lowest BCUT2D eigenvalue weighted by Crippen LogP contribution is -2.01. The van der Waals surface area contributed by atoms with E-state index >= 15 is 0 Å². The summed E-state index contributed by atoms with van der Waals surface area (Å²) in [5.74, 6) is 0. The van der Waals surface area contributed by atoms with Crippen LogP contribution in [0.25, 0.3) is 0 Å². The van der Waals surface area contributed by atoms with Crippen molar-refractivity contribution in [3.8, 4) is 0 Å². The smallest absolute Gasteiger partial charge is 0.114 e. The molecular weight excluding hydrogens is 206 g/mol. The maximum absolute atomic E-state index is 10.2. The Balaban J connectivity index is 2.41. The van der Waals surface area contributed by atoms with Crippen molar-refractivity contribution in [3.63, 3.8) is 0 Å². The molecule has 0 aliphatic heterocycles. The van der Waals surface area contributed by atoms with Crippen LogP contribution in [-0.4, -0.2) is 10.1 Å². The van der Waals surface area contributed by atoms with Crippen LogP contribution in [0.15, 0.2) is 29.9 Å². The second kappa shape index (κ2) is 4.13. The second-order valence-electron chi connectivity index (χ2n) is 3.60. The van der Waals surface area contributed by atoms with Gasteiger partial charge in [-0.05, 0) is 48.1 Å². The number of hydrogen-bond acceptors (Lipinski definition) is 3. The highest BCUT2D eigenvalue weighted by Gasteiger charge is 2.15. The molecule has 1 N–H and O–H groups in total. The van der Waals surface area contributed by atoms with Gasteiger partial charge in [-0.3, -0.25) is 4.98 Å². The van der Waals surface area contributed by atoms with E-state index in [-0.39, 0.29) is 0 Å². The average molecular weight is 219 g/mol. The van der Waals surface area contributed by atoms with E-state index in [1.807, 2.05) is 31.4 Å². The van der Waals surface area contributed by atoms with Crippen LogP contribution in [0.2, 0.25) is 0 Å². The molecule has 3 heteroatoms. The van der Waals surface area contributed by atoms with E-state index in [1.165, 1.54) is 0 Å². The molecule has 0 fully saturated rings. The summed E-state index contributed by atoms with van der Waals surface area (Å²) in [6, 6.07) is 3.90. The minimum absolute atomic E-state index is 0.520. The van der Waals surface area contributed by atoms with E-state index in [4.69, 9.17) is 0 Å². The van der Waals surface area contributed by atoms with Gasteiger partial charge >= 0.3 is 0 Å². The summed E-state index contributed by atoms with van der Waals surface area (Å²) in [6.07, 6.45) is 2.98. The van der Waals surface area contributed by atoms with Crippen LogP contribution in [0.1, 0.15) is 27.7 Å². The van der Waals surface area contributed by atoms with Gasteiger partial charge in [0.05, 0.1) is 0 Å². The van der Waals surface area contributed by atoms with Crippen LogP contribution in [0.5, 0.6) is 0 Å². The first-order valence-electron chi connectivity index (χ1n) is 4.82. The minimum atomic E-state index is -0.520. The van der Waals surface area contributed by atoms with Crippen LogP contribution in [0.4, 0.5) is 0 Å². The number of nitrogens with zero attached hydrogens (tertiary/aromatic N) is 1. The van der Waals surface area contributed by atoms with Gasteiger partial charge in [0, 0.05) is 17.3 Å². The van der Waals surface area contributed by atoms with Gasteiger partial charge in [0.1, 0.15) is 6.10 Å². The Labute approximate surface area is 93.2 Å². The molecule has 78 valence electrons. The predicted octanol–water partition coefficient (Wildman–Crippen LogP) is 2.84. The van der Waals surface area contributed by atoms with Gasteiger partial charge in [-0.2, -0.15) is 0 Å². The zero-order valence-electron chi connectivity index (χ0n) is 8.77. The summed E-state index contributed by atoms with van der Waals surface area (Å²) in [5.41, 5.74) is 3.11. The van der Waals surface area contributed by atoms with Crippen molar-refractivity contribution in [3.05, 3.63) is 51.5 Å². The molecule has 0 saturated heterocycles. The van der Waals surface area contributed by atoms with E-state index in [0.717, 1.165) is 21.6 Å². The Morgan fingerprint density at radius 2 is 2.07 bits per heavy atom. The van der Waals surface area contributed by atoms with Crippen molar-refractivity contribution in [1.29, 1.82) is 0 Å². The zero-order valence-corrected chi connectivity index (χ0v) is 9.58. The van der Waals surface area contributed by atoms with Gasteiger partial charge in [-0.1, -0.05) is 0 Å². The lowest BCUT2D eigenvalue weighted by atomic mass is 10.0. The summed E-state index contributed by atoms with van der Waals surface area (Å²) < 4.78 is 0. The Bertz CT molecular complexity index is 464. The zero-order chi connectivity index (χ0) is 10.8. The number of aryl methyl sites for hydroxylation is 2. The Hall–Kier alpha value is -1.19. The fraction of sp³-hybridized carbons (Fsp3) is 0.250. The van der Waals surface area contributed by atoms with Crippen molar-refractivity contribution in [2.75, 3.05) is 0 Å². The SMILES string of the molecule is Cc1cnccc1C(O)c1sccc1C. The normalized spacial score (nSPS) is 12.7. The molecule has 2 heterocycles. The number of hydrogen-bond donors (Lipinski definition) is 1. The van der Waals surface area contributed by atoms with Gasteiger partial charge in [-0.15, -0.1) is 11.3 Å². The molecule has 2 rings (SSSR count). The summed E-state index contributed by atoms with van der Waals surface area (Å²) in [6.45, 7) is 3.99. The maximum Gasteiger partial charge on any atom is 0.114 e. The first kappa shape index (κ1) is 10.3. The number of thiophene rings is 1. The molecule has 0 aliphatic rings. The van der Waals surface area contributed by atoms with Gasteiger partial charge < -0.3 is 5.11 Å². The molecule has 2 aromatic heterocycles. The maximum atomic E-state index is 10.2. The number of aliphatic hydroxyl groups is 1. The number of aromatic nitrogens is 1. The molecule has 2 nitrogen and oxygen atoms in total. The molecule has 1 unspecified atom stereocenters. The van der Waals surface area contributed by atoms with Gasteiger partial charge in [0.2, 0.25) is 0 Å². The fourth-order valence-electron chi connectivity index (χ4n) is 1.60. The molecule has 0 spiro atoms. The minimum Gasteiger partial charge on any atom is -0.383 e. The molecule has 0 saturated carbocycles. The van der Waals surface area contributed by atoms with E-state index < -0.39 is 6.10 Å². The van der Waals surface area contributed by atoms with E-state index in [2.05, 4.69) is 4.98 Å². The highest BCUT2D eigenvalue weighted by Crippen LogP contribution is 2.30. The second-order valence-corrected chi connectivity index (χ2v) is 4.55. The Kier molecular flexibility index (Phi) is 2.84. The van der Waals surface area contributed by atoms with Gasteiger partial charge in [0.25, 0.3) is 0 Å². The number of rotatable bonds is 2. The number of aliphatic hydroxyl groups excluding tert-OH is 1. The molecular formula is C12H13NOS. The summed E-state index contributed by atoms with van der Waals surface area (Å²) in [5, 5.41) is 12.2. The lowest BCUT2D eigenvalue weighted by Gasteiger charge is -2.12. The van der Waals surface area contributed by atoms with Crippen molar-refractivity contribution >= 4 is 11.3 Å². The third-order valence-electron chi connectivity index (χ3n) is 2.51. The molecule has 1 atom stereocenters. The van der Waals surface area contributed by atoms with Gasteiger partial charge in [-0.25, -0.2) is 0 Å². The third kappa shape index (κ3) is 1.94. The molecule has 15 heavy (non-hydrogen) atoms. The third-order valence-corrected chi connectivity index (χ3v) is 3.58. The summed E-state index contributed by atoms with van der Waals surface area (Å²) in [7, 11) is 0.